The smallest absolute Gasteiger partial charge is 0.326 e. The molecule has 3 aromatic carbocycles. The van der Waals surface area contributed by atoms with Crippen molar-refractivity contribution < 1.29 is 29.7 Å². The Morgan fingerprint density at radius 1 is 0.788 bits per heavy atom. The fourth-order valence-electron chi connectivity index (χ4n) is 2.98. The SMILES string of the molecule is O=C(O)CCNC(=O)c1ccc(CN(C(=O)Nc2ccc(O)cc2)c2ccc(O)cc2)cc1. The lowest BCUT2D eigenvalue weighted by Crippen LogP contribution is -2.34. The van der Waals surface area contributed by atoms with E-state index in [1.54, 1.807) is 48.5 Å². The fraction of sp³-hybridized carbons (Fsp3) is 0.125. The highest BCUT2D eigenvalue weighted by molar-refractivity contribution is 6.01. The Labute approximate surface area is 189 Å². The van der Waals surface area contributed by atoms with Crippen LogP contribution in [0.3, 0.4) is 0 Å². The molecule has 0 saturated carbocycles. The number of aromatic hydroxyl groups is 2. The van der Waals surface area contributed by atoms with Crippen LogP contribution < -0.4 is 15.5 Å². The summed E-state index contributed by atoms with van der Waals surface area (Å²) in [7, 11) is 0. The Morgan fingerprint density at radius 3 is 1.94 bits per heavy atom. The number of hydrogen-bond donors (Lipinski definition) is 5. The average molecular weight is 449 g/mol. The summed E-state index contributed by atoms with van der Waals surface area (Å²) in [6.45, 7) is 0.206. The van der Waals surface area contributed by atoms with E-state index in [2.05, 4.69) is 10.6 Å². The molecule has 0 saturated heterocycles. The second-order valence-corrected chi connectivity index (χ2v) is 7.18. The summed E-state index contributed by atoms with van der Waals surface area (Å²) < 4.78 is 0. The van der Waals surface area contributed by atoms with Gasteiger partial charge in [-0.3, -0.25) is 14.5 Å². The van der Waals surface area contributed by atoms with Gasteiger partial charge < -0.3 is 26.0 Å². The second kappa shape index (κ2) is 10.7. The lowest BCUT2D eigenvalue weighted by atomic mass is 10.1. The molecule has 0 aliphatic rings. The highest BCUT2D eigenvalue weighted by atomic mass is 16.4. The van der Waals surface area contributed by atoms with Gasteiger partial charge in [-0.05, 0) is 66.2 Å². The average Bonchev–Trinajstić information content (AvgIpc) is 2.80. The molecule has 0 heterocycles. The first kappa shape index (κ1) is 23.1. The van der Waals surface area contributed by atoms with E-state index in [1.165, 1.54) is 29.2 Å². The minimum Gasteiger partial charge on any atom is -0.508 e. The molecule has 3 aromatic rings. The summed E-state index contributed by atoms with van der Waals surface area (Å²) in [6, 6.07) is 18.4. The lowest BCUT2D eigenvalue weighted by molar-refractivity contribution is -0.136. The van der Waals surface area contributed by atoms with Gasteiger partial charge in [0.05, 0.1) is 13.0 Å². The maximum Gasteiger partial charge on any atom is 0.326 e. The van der Waals surface area contributed by atoms with Gasteiger partial charge in [0.15, 0.2) is 0 Å². The van der Waals surface area contributed by atoms with Crippen molar-refractivity contribution in [2.75, 3.05) is 16.8 Å². The lowest BCUT2D eigenvalue weighted by Gasteiger charge is -2.23. The standard InChI is InChI=1S/C24H23N3O6/c28-20-9-5-18(6-10-20)26-24(33)27(19-7-11-21(29)12-8-19)15-16-1-3-17(4-2-16)23(32)25-14-13-22(30)31/h1-12,28-29H,13-15H2,(H,25,32)(H,26,33)(H,30,31). The molecule has 0 spiro atoms. The van der Waals surface area contributed by atoms with Gasteiger partial charge in [-0.1, -0.05) is 12.1 Å². The zero-order valence-corrected chi connectivity index (χ0v) is 17.6. The predicted octanol–water partition coefficient (Wildman–Crippen LogP) is 3.54. The third-order valence-electron chi connectivity index (χ3n) is 4.71. The number of nitrogens with zero attached hydrogens (tertiary/aromatic N) is 1. The molecule has 3 amide bonds. The topological polar surface area (TPSA) is 139 Å². The number of hydrogen-bond acceptors (Lipinski definition) is 5. The Balaban J connectivity index is 1.74. The van der Waals surface area contributed by atoms with Crippen LogP contribution >= 0.6 is 0 Å². The van der Waals surface area contributed by atoms with Gasteiger partial charge in [0, 0.05) is 23.5 Å². The first-order valence-corrected chi connectivity index (χ1v) is 10.1. The summed E-state index contributed by atoms with van der Waals surface area (Å²) >= 11 is 0. The zero-order valence-electron chi connectivity index (χ0n) is 17.6. The molecule has 0 aliphatic heterocycles. The summed E-state index contributed by atoms with van der Waals surface area (Å²) in [6.07, 6.45) is -0.165. The Morgan fingerprint density at radius 2 is 1.36 bits per heavy atom. The summed E-state index contributed by atoms with van der Waals surface area (Å²) in [4.78, 5) is 37.2. The molecule has 0 fully saturated rings. The molecule has 9 nitrogen and oxygen atoms in total. The third-order valence-corrected chi connectivity index (χ3v) is 4.71. The van der Waals surface area contributed by atoms with E-state index in [-0.39, 0.29) is 36.9 Å². The van der Waals surface area contributed by atoms with Gasteiger partial charge in [-0.25, -0.2) is 4.79 Å². The van der Waals surface area contributed by atoms with Crippen molar-refractivity contribution in [2.24, 2.45) is 0 Å². The number of carbonyl (C=O) groups is 3. The van der Waals surface area contributed by atoms with Crippen molar-refractivity contribution in [3.05, 3.63) is 83.9 Å². The molecule has 3 rings (SSSR count). The maximum absolute atomic E-state index is 13.0. The number of carboxylic acids is 1. The third kappa shape index (κ3) is 6.73. The van der Waals surface area contributed by atoms with Crippen LogP contribution in [0, 0.1) is 0 Å². The van der Waals surface area contributed by atoms with Crippen molar-refractivity contribution in [3.8, 4) is 11.5 Å². The molecular weight excluding hydrogens is 426 g/mol. The number of nitrogens with one attached hydrogen (secondary N) is 2. The molecule has 0 radical (unpaired) electrons. The van der Waals surface area contributed by atoms with Crippen LogP contribution in [-0.2, 0) is 11.3 Å². The first-order valence-electron chi connectivity index (χ1n) is 10.1. The minimum absolute atomic E-state index is 0.0297. The van der Waals surface area contributed by atoms with Crippen molar-refractivity contribution in [1.82, 2.24) is 5.32 Å². The van der Waals surface area contributed by atoms with E-state index in [1.807, 2.05) is 0 Å². The molecule has 170 valence electrons. The van der Waals surface area contributed by atoms with E-state index >= 15 is 0 Å². The van der Waals surface area contributed by atoms with Crippen LogP contribution in [0.4, 0.5) is 16.2 Å². The van der Waals surface area contributed by atoms with Crippen LogP contribution in [0.25, 0.3) is 0 Å². The van der Waals surface area contributed by atoms with Crippen molar-refractivity contribution in [2.45, 2.75) is 13.0 Å². The van der Waals surface area contributed by atoms with Gasteiger partial charge in [-0.15, -0.1) is 0 Å². The number of carbonyl (C=O) groups excluding carboxylic acids is 2. The zero-order chi connectivity index (χ0) is 23.8. The largest absolute Gasteiger partial charge is 0.508 e. The number of aliphatic carboxylic acids is 1. The summed E-state index contributed by atoms with van der Waals surface area (Å²) in [5.74, 6) is -1.24. The van der Waals surface area contributed by atoms with E-state index in [0.717, 1.165) is 5.56 Å². The van der Waals surface area contributed by atoms with Crippen LogP contribution in [0.15, 0.2) is 72.8 Å². The number of carboxylic acid groups (broad SMARTS) is 1. The number of urea groups is 1. The van der Waals surface area contributed by atoms with E-state index in [0.29, 0.717) is 16.9 Å². The quantitative estimate of drug-likeness (QED) is 0.333. The Hall–Kier alpha value is -4.53. The number of amides is 3. The van der Waals surface area contributed by atoms with Crippen molar-refractivity contribution in [1.29, 1.82) is 0 Å². The molecule has 0 aromatic heterocycles. The molecule has 0 atom stereocenters. The van der Waals surface area contributed by atoms with E-state index in [9.17, 15) is 24.6 Å². The number of benzene rings is 3. The molecule has 5 N–H and O–H groups in total. The molecule has 0 aliphatic carbocycles. The predicted molar refractivity (Wildman–Crippen MR) is 122 cm³/mol. The van der Waals surface area contributed by atoms with Gasteiger partial charge in [0.2, 0.25) is 0 Å². The molecule has 0 unspecified atom stereocenters. The molecule has 0 bridgehead atoms. The Kier molecular flexibility index (Phi) is 7.48. The molecule has 33 heavy (non-hydrogen) atoms. The highest BCUT2D eigenvalue weighted by Gasteiger charge is 2.17. The Bertz CT molecular complexity index is 1110. The first-order chi connectivity index (χ1) is 15.8. The second-order valence-electron chi connectivity index (χ2n) is 7.18. The monoisotopic (exact) mass is 449 g/mol. The maximum atomic E-state index is 13.0. The molecular formula is C24H23N3O6. The van der Waals surface area contributed by atoms with Gasteiger partial charge >= 0.3 is 12.0 Å². The van der Waals surface area contributed by atoms with Gasteiger partial charge in [0.25, 0.3) is 5.91 Å². The number of phenols is 2. The number of anilines is 2. The minimum atomic E-state index is -0.995. The molecule has 9 heteroatoms. The fourth-order valence-corrected chi connectivity index (χ4v) is 2.98. The summed E-state index contributed by atoms with van der Waals surface area (Å²) in [5, 5.41) is 33.0. The normalized spacial score (nSPS) is 10.3. The van der Waals surface area contributed by atoms with Crippen LogP contribution in [0.1, 0.15) is 22.3 Å². The summed E-state index contributed by atoms with van der Waals surface area (Å²) in [5.41, 5.74) is 2.15. The van der Waals surface area contributed by atoms with Crippen LogP contribution in [-0.4, -0.2) is 39.8 Å². The van der Waals surface area contributed by atoms with Gasteiger partial charge in [-0.2, -0.15) is 0 Å². The number of rotatable bonds is 8. The van der Waals surface area contributed by atoms with Crippen LogP contribution in [0.5, 0.6) is 11.5 Å². The van der Waals surface area contributed by atoms with Crippen LogP contribution in [0.2, 0.25) is 0 Å². The van der Waals surface area contributed by atoms with E-state index in [4.69, 9.17) is 5.11 Å². The number of phenolic OH excluding ortho intramolecular Hbond substituents is 2. The van der Waals surface area contributed by atoms with Crippen molar-refractivity contribution >= 4 is 29.3 Å². The van der Waals surface area contributed by atoms with Gasteiger partial charge in [0.1, 0.15) is 11.5 Å². The highest BCUT2D eigenvalue weighted by Crippen LogP contribution is 2.23. The van der Waals surface area contributed by atoms with Crippen molar-refractivity contribution in [3.63, 3.8) is 0 Å². The van der Waals surface area contributed by atoms with E-state index < -0.39 is 12.0 Å².